The van der Waals surface area contributed by atoms with Crippen LogP contribution in [-0.4, -0.2) is 46.1 Å². The Kier molecular flexibility index (Phi) is 6.44. The minimum Gasteiger partial charge on any atom is -0.497 e. The zero-order valence-electron chi connectivity index (χ0n) is 16.6. The van der Waals surface area contributed by atoms with E-state index in [9.17, 15) is 9.18 Å². The number of halogens is 1. The average Bonchev–Trinajstić information content (AvgIpc) is 3.43. The van der Waals surface area contributed by atoms with Crippen molar-refractivity contribution >= 4 is 17.5 Å². The fourth-order valence-electron chi connectivity index (χ4n) is 3.37. The van der Waals surface area contributed by atoms with E-state index in [1.807, 2.05) is 4.57 Å². The van der Waals surface area contributed by atoms with Crippen LogP contribution in [0.4, 0.5) is 4.39 Å². The molecule has 1 atom stereocenters. The molecule has 1 saturated heterocycles. The largest absolute Gasteiger partial charge is 0.497 e. The maximum absolute atomic E-state index is 13.3. The summed E-state index contributed by atoms with van der Waals surface area (Å²) in [6.45, 7) is 1.34. The Balaban J connectivity index is 1.55. The van der Waals surface area contributed by atoms with Crippen molar-refractivity contribution in [1.29, 1.82) is 0 Å². The molecule has 0 bridgehead atoms. The lowest BCUT2D eigenvalue weighted by Gasteiger charge is -2.14. The minimum absolute atomic E-state index is 0.0195. The molecule has 1 aliphatic heterocycles. The number of carbonyl (C=O) groups is 1. The van der Waals surface area contributed by atoms with E-state index in [2.05, 4.69) is 10.2 Å². The Morgan fingerprint density at radius 3 is 2.83 bits per heavy atom. The van der Waals surface area contributed by atoms with Crippen molar-refractivity contribution in [1.82, 2.24) is 14.8 Å². The number of ether oxygens (including phenoxy) is 2. The highest BCUT2D eigenvalue weighted by atomic mass is 32.2. The third-order valence-corrected chi connectivity index (χ3v) is 5.92. The third kappa shape index (κ3) is 4.71. The van der Waals surface area contributed by atoms with Crippen molar-refractivity contribution in [3.63, 3.8) is 0 Å². The fraction of sp³-hybridized carbons (Fsp3) is 0.318. The van der Waals surface area contributed by atoms with E-state index in [1.165, 1.54) is 23.9 Å². The lowest BCUT2D eigenvalue weighted by atomic mass is 10.1. The van der Waals surface area contributed by atoms with E-state index < -0.39 is 0 Å². The summed E-state index contributed by atoms with van der Waals surface area (Å²) in [4.78, 5) is 12.7. The number of benzene rings is 2. The number of Topliss-reactive ketones (excluding diaryl/α,β-unsaturated/α-hetero) is 1. The second kappa shape index (κ2) is 9.40. The lowest BCUT2D eigenvalue weighted by Crippen LogP contribution is -2.17. The van der Waals surface area contributed by atoms with Crippen molar-refractivity contribution < 1.29 is 18.7 Å². The zero-order chi connectivity index (χ0) is 20.9. The van der Waals surface area contributed by atoms with E-state index in [1.54, 1.807) is 43.5 Å². The molecular weight excluding hydrogens is 405 g/mol. The molecule has 30 heavy (non-hydrogen) atoms. The van der Waals surface area contributed by atoms with Gasteiger partial charge in [0.2, 0.25) is 0 Å². The van der Waals surface area contributed by atoms with Crippen LogP contribution < -0.4 is 4.74 Å². The number of aromatic nitrogens is 3. The van der Waals surface area contributed by atoms with Gasteiger partial charge in [-0.1, -0.05) is 23.9 Å². The van der Waals surface area contributed by atoms with Crippen LogP contribution >= 0.6 is 11.8 Å². The number of carbonyl (C=O) groups excluding carboxylic acids is 1. The first kappa shape index (κ1) is 20.6. The van der Waals surface area contributed by atoms with Crippen LogP contribution in [0.1, 0.15) is 23.2 Å². The topological polar surface area (TPSA) is 66.2 Å². The molecule has 4 rings (SSSR count). The first-order chi connectivity index (χ1) is 14.6. The standard InChI is InChI=1S/C22H22FN3O3S/c1-28-18-5-2-4-16(12-18)20(27)14-30-22-25-24-21(15-7-9-17(23)10-8-15)26(22)13-19-6-3-11-29-19/h2,4-5,7-10,12,19H,3,6,11,13-14H2,1H3/t19-/m0/s1. The summed E-state index contributed by atoms with van der Waals surface area (Å²) in [5.74, 6) is 1.18. The van der Waals surface area contributed by atoms with Gasteiger partial charge >= 0.3 is 0 Å². The van der Waals surface area contributed by atoms with Crippen LogP contribution in [0.5, 0.6) is 5.75 Å². The summed E-state index contributed by atoms with van der Waals surface area (Å²) in [7, 11) is 1.57. The molecule has 8 heteroatoms. The molecule has 0 saturated carbocycles. The maximum atomic E-state index is 13.3. The third-order valence-electron chi connectivity index (χ3n) is 4.95. The van der Waals surface area contributed by atoms with Gasteiger partial charge in [-0.05, 0) is 49.2 Å². The Bertz CT molecular complexity index is 1020. The van der Waals surface area contributed by atoms with E-state index in [-0.39, 0.29) is 23.5 Å². The van der Waals surface area contributed by atoms with E-state index in [0.717, 1.165) is 25.0 Å². The van der Waals surface area contributed by atoms with Crippen molar-refractivity contribution in [2.45, 2.75) is 30.6 Å². The van der Waals surface area contributed by atoms with Gasteiger partial charge < -0.3 is 9.47 Å². The van der Waals surface area contributed by atoms with Crippen LogP contribution in [0.2, 0.25) is 0 Å². The van der Waals surface area contributed by atoms with Gasteiger partial charge in [-0.2, -0.15) is 0 Å². The first-order valence-corrected chi connectivity index (χ1v) is 10.7. The SMILES string of the molecule is COc1cccc(C(=O)CSc2nnc(-c3ccc(F)cc3)n2C[C@@H]2CCCO2)c1. The second-order valence-corrected chi connectivity index (χ2v) is 7.95. The number of thioether (sulfide) groups is 1. The molecule has 1 fully saturated rings. The Morgan fingerprint density at radius 1 is 1.27 bits per heavy atom. The predicted octanol–water partition coefficient (Wildman–Crippen LogP) is 4.25. The van der Waals surface area contributed by atoms with Gasteiger partial charge in [-0.15, -0.1) is 10.2 Å². The molecule has 0 radical (unpaired) electrons. The number of nitrogens with zero attached hydrogens (tertiary/aromatic N) is 3. The number of methoxy groups -OCH3 is 1. The Labute approximate surface area is 178 Å². The molecule has 0 aliphatic carbocycles. The highest BCUT2D eigenvalue weighted by Crippen LogP contribution is 2.27. The van der Waals surface area contributed by atoms with Crippen molar-refractivity contribution in [3.05, 3.63) is 59.9 Å². The lowest BCUT2D eigenvalue weighted by molar-refractivity contribution is 0.0953. The summed E-state index contributed by atoms with van der Waals surface area (Å²) in [6, 6.07) is 13.3. The van der Waals surface area contributed by atoms with Crippen LogP contribution in [0, 0.1) is 5.82 Å². The Hall–Kier alpha value is -2.71. The van der Waals surface area contributed by atoms with Crippen molar-refractivity contribution in [2.24, 2.45) is 0 Å². The highest BCUT2D eigenvalue weighted by molar-refractivity contribution is 7.99. The number of rotatable bonds is 8. The fourth-order valence-corrected chi connectivity index (χ4v) is 4.22. The average molecular weight is 428 g/mol. The molecule has 2 heterocycles. The molecule has 156 valence electrons. The van der Waals surface area contributed by atoms with E-state index in [4.69, 9.17) is 9.47 Å². The minimum atomic E-state index is -0.303. The van der Waals surface area contributed by atoms with Crippen LogP contribution in [0.3, 0.4) is 0 Å². The van der Waals surface area contributed by atoms with Gasteiger partial charge in [-0.3, -0.25) is 9.36 Å². The molecule has 0 N–H and O–H groups in total. The molecule has 0 spiro atoms. The van der Waals surface area contributed by atoms with Crippen LogP contribution in [0.25, 0.3) is 11.4 Å². The maximum Gasteiger partial charge on any atom is 0.192 e. The molecule has 0 unspecified atom stereocenters. The van der Waals surface area contributed by atoms with Gasteiger partial charge in [0.1, 0.15) is 11.6 Å². The molecule has 2 aromatic carbocycles. The predicted molar refractivity (Wildman–Crippen MR) is 112 cm³/mol. The summed E-state index contributed by atoms with van der Waals surface area (Å²) in [6.07, 6.45) is 2.07. The highest BCUT2D eigenvalue weighted by Gasteiger charge is 2.22. The van der Waals surface area contributed by atoms with E-state index >= 15 is 0 Å². The summed E-state index contributed by atoms with van der Waals surface area (Å²) in [5.41, 5.74) is 1.36. The molecule has 0 amide bonds. The quantitative estimate of drug-likeness (QED) is 0.396. The van der Waals surface area contributed by atoms with Crippen molar-refractivity contribution in [2.75, 3.05) is 19.5 Å². The van der Waals surface area contributed by atoms with Gasteiger partial charge in [0.15, 0.2) is 16.8 Å². The smallest absolute Gasteiger partial charge is 0.192 e. The number of ketones is 1. The van der Waals surface area contributed by atoms with Crippen LogP contribution in [0.15, 0.2) is 53.7 Å². The number of hydrogen-bond donors (Lipinski definition) is 0. The van der Waals surface area contributed by atoms with E-state index in [0.29, 0.717) is 28.8 Å². The molecular formula is C22H22FN3O3S. The van der Waals surface area contributed by atoms with Gasteiger partial charge in [0.25, 0.3) is 0 Å². The summed E-state index contributed by atoms with van der Waals surface area (Å²) < 4.78 is 26.3. The normalized spacial score (nSPS) is 16.0. The molecule has 1 aromatic heterocycles. The van der Waals surface area contributed by atoms with Gasteiger partial charge in [0.05, 0.1) is 25.5 Å². The monoisotopic (exact) mass is 427 g/mol. The molecule has 3 aromatic rings. The Morgan fingerprint density at radius 2 is 2.10 bits per heavy atom. The van der Waals surface area contributed by atoms with Crippen LogP contribution in [-0.2, 0) is 11.3 Å². The molecule has 1 aliphatic rings. The van der Waals surface area contributed by atoms with Crippen molar-refractivity contribution in [3.8, 4) is 17.1 Å². The summed E-state index contributed by atoms with van der Waals surface area (Å²) in [5, 5.41) is 9.26. The van der Waals surface area contributed by atoms with Gasteiger partial charge in [0, 0.05) is 17.7 Å². The zero-order valence-corrected chi connectivity index (χ0v) is 17.4. The molecule has 6 nitrogen and oxygen atoms in total. The summed E-state index contributed by atoms with van der Waals surface area (Å²) >= 11 is 1.33. The second-order valence-electron chi connectivity index (χ2n) is 7.00. The van der Waals surface area contributed by atoms with Gasteiger partial charge in [-0.25, -0.2) is 4.39 Å². The number of hydrogen-bond acceptors (Lipinski definition) is 6. The first-order valence-electron chi connectivity index (χ1n) is 9.75.